The van der Waals surface area contributed by atoms with Crippen LogP contribution in [0.25, 0.3) is 22.0 Å². The van der Waals surface area contributed by atoms with Crippen molar-refractivity contribution < 1.29 is 0 Å². The lowest BCUT2D eigenvalue weighted by Crippen LogP contribution is -2.00. The molecule has 4 heterocycles. The molecule has 1 aromatic carbocycles. The molecule has 0 aliphatic carbocycles. The highest BCUT2D eigenvalue weighted by molar-refractivity contribution is 5.87. The molecule has 6 nitrogen and oxygen atoms in total. The lowest BCUT2D eigenvalue weighted by Gasteiger charge is -2.10. The summed E-state index contributed by atoms with van der Waals surface area (Å²) in [4.78, 5) is 17.9. The average Bonchev–Trinajstić information content (AvgIpc) is 3.16. The van der Waals surface area contributed by atoms with Crippen LogP contribution in [0.3, 0.4) is 0 Å². The minimum Gasteiger partial charge on any atom is -0.370 e. The summed E-state index contributed by atoms with van der Waals surface area (Å²) in [6.07, 6.45) is 6.44. The zero-order chi connectivity index (χ0) is 18.2. The van der Waals surface area contributed by atoms with Gasteiger partial charge in [0, 0.05) is 29.9 Å². The van der Waals surface area contributed by atoms with Crippen LogP contribution in [0.4, 0.5) is 17.5 Å². The van der Waals surface area contributed by atoms with Crippen molar-refractivity contribution in [3.05, 3.63) is 66.2 Å². The number of hydrogen-bond donors (Lipinski definition) is 2. The molecule has 0 saturated carbocycles. The van der Waals surface area contributed by atoms with Crippen molar-refractivity contribution in [3.8, 4) is 11.1 Å². The second-order valence-corrected chi connectivity index (χ2v) is 6.64. The third kappa shape index (κ3) is 2.95. The summed E-state index contributed by atoms with van der Waals surface area (Å²) in [6.45, 7) is 2.97. The molecular weight excluding hydrogens is 336 g/mol. The molecule has 0 unspecified atom stereocenters. The standard InChI is InChI=1S/C21H18N6/c1-13-18-10-14(16-9-15-6-8-23-20(15)24-11-16)4-5-19(18)27-21(25-13)26-17-3-2-7-22-12-17/h2-5,7,9-12H,6,8H2,1H3,(H,23,24)(H,25,26,27). The number of rotatable bonds is 3. The highest BCUT2D eigenvalue weighted by Gasteiger charge is 2.13. The minimum atomic E-state index is 0.575. The van der Waals surface area contributed by atoms with Crippen molar-refractivity contribution in [2.75, 3.05) is 17.2 Å². The summed E-state index contributed by atoms with van der Waals surface area (Å²) in [7, 11) is 0. The van der Waals surface area contributed by atoms with Crippen LogP contribution < -0.4 is 10.6 Å². The first-order valence-corrected chi connectivity index (χ1v) is 8.95. The van der Waals surface area contributed by atoms with Crippen LogP contribution in [0.5, 0.6) is 0 Å². The van der Waals surface area contributed by atoms with Crippen LogP contribution >= 0.6 is 0 Å². The number of nitrogens with one attached hydrogen (secondary N) is 2. The Labute approximate surface area is 156 Å². The van der Waals surface area contributed by atoms with Gasteiger partial charge in [-0.15, -0.1) is 0 Å². The zero-order valence-electron chi connectivity index (χ0n) is 14.9. The van der Waals surface area contributed by atoms with E-state index in [-0.39, 0.29) is 0 Å². The summed E-state index contributed by atoms with van der Waals surface area (Å²) in [5.41, 5.74) is 6.24. The molecule has 0 atom stereocenters. The van der Waals surface area contributed by atoms with Crippen LogP contribution in [-0.2, 0) is 6.42 Å². The average molecular weight is 354 g/mol. The maximum absolute atomic E-state index is 4.65. The molecule has 132 valence electrons. The lowest BCUT2D eigenvalue weighted by molar-refractivity contribution is 1.11. The summed E-state index contributed by atoms with van der Waals surface area (Å²) in [6, 6.07) is 12.3. The van der Waals surface area contributed by atoms with E-state index in [1.165, 1.54) is 5.56 Å². The summed E-state index contributed by atoms with van der Waals surface area (Å²) in [5, 5.41) is 7.56. The van der Waals surface area contributed by atoms with Gasteiger partial charge in [-0.2, -0.15) is 0 Å². The summed E-state index contributed by atoms with van der Waals surface area (Å²) >= 11 is 0. The smallest absolute Gasteiger partial charge is 0.228 e. The Morgan fingerprint density at radius 3 is 2.89 bits per heavy atom. The van der Waals surface area contributed by atoms with E-state index in [1.807, 2.05) is 31.3 Å². The molecule has 3 aromatic heterocycles. The largest absolute Gasteiger partial charge is 0.370 e. The predicted molar refractivity (Wildman–Crippen MR) is 107 cm³/mol. The van der Waals surface area contributed by atoms with Crippen molar-refractivity contribution >= 4 is 28.4 Å². The molecule has 4 aromatic rings. The fraction of sp³-hybridized carbons (Fsp3) is 0.143. The Hall–Kier alpha value is -3.54. The van der Waals surface area contributed by atoms with Gasteiger partial charge in [0.05, 0.1) is 23.1 Å². The Morgan fingerprint density at radius 2 is 2.00 bits per heavy atom. The second-order valence-electron chi connectivity index (χ2n) is 6.64. The van der Waals surface area contributed by atoms with Crippen LogP contribution in [0, 0.1) is 6.92 Å². The van der Waals surface area contributed by atoms with E-state index in [0.29, 0.717) is 5.95 Å². The first-order chi connectivity index (χ1) is 13.3. The minimum absolute atomic E-state index is 0.575. The third-order valence-electron chi connectivity index (χ3n) is 4.79. The number of nitrogens with zero attached hydrogens (tertiary/aromatic N) is 4. The Balaban J connectivity index is 1.52. The summed E-state index contributed by atoms with van der Waals surface area (Å²) in [5.74, 6) is 1.58. The van der Waals surface area contributed by atoms with E-state index in [9.17, 15) is 0 Å². The van der Waals surface area contributed by atoms with Gasteiger partial charge in [0.25, 0.3) is 0 Å². The molecule has 5 rings (SSSR count). The van der Waals surface area contributed by atoms with Gasteiger partial charge in [-0.25, -0.2) is 15.0 Å². The van der Waals surface area contributed by atoms with Gasteiger partial charge in [0.1, 0.15) is 5.82 Å². The first-order valence-electron chi connectivity index (χ1n) is 8.95. The third-order valence-corrected chi connectivity index (χ3v) is 4.79. The Kier molecular flexibility index (Phi) is 3.67. The predicted octanol–water partition coefficient (Wildman–Crippen LogP) is 4.11. The molecule has 0 radical (unpaired) electrons. The number of benzene rings is 1. The molecule has 0 fully saturated rings. The molecule has 0 saturated heterocycles. The molecule has 0 bridgehead atoms. The molecule has 0 spiro atoms. The van der Waals surface area contributed by atoms with Crippen LogP contribution in [-0.4, -0.2) is 26.5 Å². The topological polar surface area (TPSA) is 75.6 Å². The highest BCUT2D eigenvalue weighted by Crippen LogP contribution is 2.29. The van der Waals surface area contributed by atoms with Crippen molar-refractivity contribution in [1.29, 1.82) is 0 Å². The maximum atomic E-state index is 4.65. The molecule has 27 heavy (non-hydrogen) atoms. The van der Waals surface area contributed by atoms with Crippen molar-refractivity contribution in [2.45, 2.75) is 13.3 Å². The van der Waals surface area contributed by atoms with Gasteiger partial charge < -0.3 is 10.6 Å². The normalized spacial score (nSPS) is 12.6. The first kappa shape index (κ1) is 15.7. The number of aromatic nitrogens is 4. The van der Waals surface area contributed by atoms with Crippen LogP contribution in [0.2, 0.25) is 0 Å². The van der Waals surface area contributed by atoms with Crippen molar-refractivity contribution in [3.63, 3.8) is 0 Å². The number of aryl methyl sites for hydroxylation is 1. The monoisotopic (exact) mass is 354 g/mol. The van der Waals surface area contributed by atoms with E-state index >= 15 is 0 Å². The van der Waals surface area contributed by atoms with E-state index < -0.39 is 0 Å². The van der Waals surface area contributed by atoms with E-state index in [0.717, 1.165) is 52.2 Å². The molecule has 2 N–H and O–H groups in total. The second kappa shape index (κ2) is 6.32. The van der Waals surface area contributed by atoms with Crippen molar-refractivity contribution in [1.82, 2.24) is 19.9 Å². The fourth-order valence-electron chi connectivity index (χ4n) is 3.42. The van der Waals surface area contributed by atoms with E-state index in [1.54, 1.807) is 12.4 Å². The van der Waals surface area contributed by atoms with E-state index in [4.69, 9.17) is 0 Å². The summed E-state index contributed by atoms with van der Waals surface area (Å²) < 4.78 is 0. The van der Waals surface area contributed by atoms with Gasteiger partial charge in [-0.1, -0.05) is 6.07 Å². The fourth-order valence-corrected chi connectivity index (χ4v) is 3.42. The number of anilines is 3. The highest BCUT2D eigenvalue weighted by atomic mass is 15.1. The van der Waals surface area contributed by atoms with Gasteiger partial charge in [-0.05, 0) is 54.8 Å². The van der Waals surface area contributed by atoms with Crippen LogP contribution in [0.15, 0.2) is 55.0 Å². The quantitative estimate of drug-likeness (QED) is 0.577. The van der Waals surface area contributed by atoms with Gasteiger partial charge >= 0.3 is 0 Å². The number of pyridine rings is 2. The van der Waals surface area contributed by atoms with Gasteiger partial charge in [0.2, 0.25) is 5.95 Å². The van der Waals surface area contributed by atoms with Gasteiger partial charge in [-0.3, -0.25) is 4.98 Å². The molecule has 1 aliphatic heterocycles. The SMILES string of the molecule is Cc1nc(Nc2cccnc2)nc2ccc(-c3cnc4c(c3)CCN4)cc12. The molecule has 0 amide bonds. The Morgan fingerprint density at radius 1 is 1.04 bits per heavy atom. The molecular formula is C21H18N6. The van der Waals surface area contributed by atoms with Crippen molar-refractivity contribution in [2.24, 2.45) is 0 Å². The van der Waals surface area contributed by atoms with E-state index in [2.05, 4.69) is 48.8 Å². The number of fused-ring (bicyclic) bond motifs is 2. The zero-order valence-corrected chi connectivity index (χ0v) is 14.9. The number of hydrogen-bond acceptors (Lipinski definition) is 6. The lowest BCUT2D eigenvalue weighted by atomic mass is 10.0. The van der Waals surface area contributed by atoms with Crippen LogP contribution in [0.1, 0.15) is 11.3 Å². The van der Waals surface area contributed by atoms with Gasteiger partial charge in [0.15, 0.2) is 0 Å². The molecule has 6 heteroatoms. The maximum Gasteiger partial charge on any atom is 0.228 e. The molecule has 1 aliphatic rings. The Bertz CT molecular complexity index is 1140.